The fourth-order valence-corrected chi connectivity index (χ4v) is 2.63. The molecule has 1 heterocycles. The zero-order valence-electron chi connectivity index (χ0n) is 14.8. The number of halogens is 2. The lowest BCUT2D eigenvalue weighted by molar-refractivity contribution is -0.141. The standard InChI is InChI=1S/C17H27Cl2N3O2/c1-5-6-10-21(11-14-8-7-9-20(14)4)15(23)12-22(13(2)3)17(24)16(18)19/h7-9,13,16H,5-6,10-12H2,1-4H3. The summed E-state index contributed by atoms with van der Waals surface area (Å²) in [5, 5.41) is 0. The fraction of sp³-hybridized carbons (Fsp3) is 0.647. The van der Waals surface area contributed by atoms with Gasteiger partial charge in [-0.25, -0.2) is 0 Å². The maximum absolute atomic E-state index is 12.8. The minimum Gasteiger partial charge on any atom is -0.353 e. The van der Waals surface area contributed by atoms with E-state index >= 15 is 0 Å². The van der Waals surface area contributed by atoms with E-state index < -0.39 is 10.7 Å². The largest absolute Gasteiger partial charge is 0.353 e. The van der Waals surface area contributed by atoms with E-state index in [4.69, 9.17) is 23.2 Å². The van der Waals surface area contributed by atoms with Crippen molar-refractivity contribution in [3.8, 4) is 0 Å². The minimum atomic E-state index is -1.16. The van der Waals surface area contributed by atoms with Crippen LogP contribution in [0.4, 0.5) is 0 Å². The van der Waals surface area contributed by atoms with Gasteiger partial charge in [-0.1, -0.05) is 36.5 Å². The van der Waals surface area contributed by atoms with Crippen molar-refractivity contribution in [1.29, 1.82) is 0 Å². The first-order valence-electron chi connectivity index (χ1n) is 8.24. The third-order valence-corrected chi connectivity index (χ3v) is 4.31. The van der Waals surface area contributed by atoms with Gasteiger partial charge in [-0.3, -0.25) is 9.59 Å². The van der Waals surface area contributed by atoms with Gasteiger partial charge in [0, 0.05) is 31.5 Å². The first-order valence-corrected chi connectivity index (χ1v) is 9.11. The minimum absolute atomic E-state index is 0.0133. The summed E-state index contributed by atoms with van der Waals surface area (Å²) >= 11 is 11.4. The molecular weight excluding hydrogens is 349 g/mol. The van der Waals surface area contributed by atoms with Crippen LogP contribution in [0.1, 0.15) is 39.3 Å². The second kappa shape index (κ2) is 9.94. The maximum Gasteiger partial charge on any atom is 0.256 e. The molecule has 1 aromatic heterocycles. The van der Waals surface area contributed by atoms with Gasteiger partial charge in [-0.05, 0) is 32.4 Å². The SMILES string of the molecule is CCCCN(Cc1cccn1C)C(=O)CN(C(=O)C(Cl)Cl)C(C)C. The third kappa shape index (κ3) is 6.02. The molecule has 0 atom stereocenters. The Morgan fingerprint density at radius 1 is 1.29 bits per heavy atom. The Hall–Kier alpha value is -1.20. The number of alkyl halides is 2. The van der Waals surface area contributed by atoms with Gasteiger partial charge in [0.1, 0.15) is 6.54 Å². The molecule has 24 heavy (non-hydrogen) atoms. The van der Waals surface area contributed by atoms with Crippen LogP contribution in [0.3, 0.4) is 0 Å². The Morgan fingerprint density at radius 3 is 2.42 bits per heavy atom. The van der Waals surface area contributed by atoms with Crippen molar-refractivity contribution >= 4 is 35.0 Å². The molecule has 7 heteroatoms. The smallest absolute Gasteiger partial charge is 0.256 e. The summed E-state index contributed by atoms with van der Waals surface area (Å²) in [5.41, 5.74) is 1.05. The molecule has 0 aliphatic heterocycles. The van der Waals surface area contributed by atoms with Crippen LogP contribution in [0.15, 0.2) is 18.3 Å². The highest BCUT2D eigenvalue weighted by Crippen LogP contribution is 2.13. The predicted octanol–water partition coefficient (Wildman–Crippen LogP) is 3.19. The number of carbonyl (C=O) groups excluding carboxylic acids is 2. The second-order valence-corrected chi connectivity index (χ2v) is 7.24. The molecule has 0 aliphatic carbocycles. The highest BCUT2D eigenvalue weighted by Gasteiger charge is 2.27. The van der Waals surface area contributed by atoms with Gasteiger partial charge in [0.15, 0.2) is 4.84 Å². The van der Waals surface area contributed by atoms with Gasteiger partial charge in [0.25, 0.3) is 5.91 Å². The topological polar surface area (TPSA) is 45.6 Å². The zero-order chi connectivity index (χ0) is 18.3. The Balaban J connectivity index is 2.85. The average molecular weight is 376 g/mol. The molecule has 0 radical (unpaired) electrons. The summed E-state index contributed by atoms with van der Waals surface area (Å²) in [6, 6.07) is 3.79. The highest BCUT2D eigenvalue weighted by atomic mass is 35.5. The molecular formula is C17H27Cl2N3O2. The van der Waals surface area contributed by atoms with Crippen LogP contribution in [-0.4, -0.2) is 50.1 Å². The van der Waals surface area contributed by atoms with Gasteiger partial charge in [-0.2, -0.15) is 0 Å². The Morgan fingerprint density at radius 2 is 1.96 bits per heavy atom. The summed E-state index contributed by atoms with van der Waals surface area (Å²) in [4.78, 5) is 26.9. The van der Waals surface area contributed by atoms with E-state index in [-0.39, 0.29) is 18.5 Å². The molecule has 0 saturated carbocycles. The van der Waals surface area contributed by atoms with E-state index in [0.29, 0.717) is 13.1 Å². The third-order valence-electron chi connectivity index (χ3n) is 3.94. The number of carbonyl (C=O) groups is 2. The molecule has 0 aromatic carbocycles. The molecule has 1 aromatic rings. The molecule has 0 spiro atoms. The van der Waals surface area contributed by atoms with Crippen molar-refractivity contribution in [2.75, 3.05) is 13.1 Å². The summed E-state index contributed by atoms with van der Waals surface area (Å²) in [6.45, 7) is 6.94. The quantitative estimate of drug-likeness (QED) is 0.622. The number of hydrogen-bond donors (Lipinski definition) is 0. The molecule has 1 rings (SSSR count). The van der Waals surface area contributed by atoms with E-state index in [2.05, 4.69) is 6.92 Å². The zero-order valence-corrected chi connectivity index (χ0v) is 16.3. The number of hydrogen-bond acceptors (Lipinski definition) is 2. The van der Waals surface area contributed by atoms with Gasteiger partial charge in [0.2, 0.25) is 5.91 Å². The van der Waals surface area contributed by atoms with Crippen molar-refractivity contribution in [3.63, 3.8) is 0 Å². The van der Waals surface area contributed by atoms with Crippen LogP contribution in [-0.2, 0) is 23.2 Å². The van der Waals surface area contributed by atoms with Crippen LogP contribution < -0.4 is 0 Å². The molecule has 2 amide bonds. The van der Waals surface area contributed by atoms with Crippen molar-refractivity contribution in [2.24, 2.45) is 7.05 Å². The van der Waals surface area contributed by atoms with E-state index in [0.717, 1.165) is 18.5 Å². The lowest BCUT2D eigenvalue weighted by atomic mass is 10.2. The lowest BCUT2D eigenvalue weighted by Crippen LogP contribution is -2.47. The Labute approximate surface area is 154 Å². The van der Waals surface area contributed by atoms with Crippen LogP contribution in [0, 0.1) is 0 Å². The summed E-state index contributed by atoms with van der Waals surface area (Å²) < 4.78 is 1.99. The number of rotatable bonds is 9. The number of aryl methyl sites for hydroxylation is 1. The predicted molar refractivity (Wildman–Crippen MR) is 98.1 cm³/mol. The summed E-state index contributed by atoms with van der Waals surface area (Å²) in [7, 11) is 1.95. The Bertz CT molecular complexity index is 544. The summed E-state index contributed by atoms with van der Waals surface area (Å²) in [6.07, 6.45) is 3.86. The first kappa shape index (κ1) is 20.8. The molecule has 0 bridgehead atoms. The number of nitrogens with zero attached hydrogens (tertiary/aromatic N) is 3. The monoisotopic (exact) mass is 375 g/mol. The van der Waals surface area contributed by atoms with Crippen LogP contribution in [0.5, 0.6) is 0 Å². The van der Waals surface area contributed by atoms with Gasteiger partial charge in [-0.15, -0.1) is 0 Å². The van der Waals surface area contributed by atoms with Gasteiger partial charge in [0.05, 0.1) is 6.54 Å². The van der Waals surface area contributed by atoms with Crippen LogP contribution in [0.2, 0.25) is 0 Å². The molecule has 5 nitrogen and oxygen atoms in total. The van der Waals surface area contributed by atoms with E-state index in [1.165, 1.54) is 4.90 Å². The molecule has 0 aliphatic rings. The van der Waals surface area contributed by atoms with Gasteiger partial charge < -0.3 is 14.4 Å². The maximum atomic E-state index is 12.8. The number of unbranched alkanes of at least 4 members (excludes halogenated alkanes) is 1. The number of amides is 2. The molecule has 136 valence electrons. The van der Waals surface area contributed by atoms with E-state index in [9.17, 15) is 9.59 Å². The van der Waals surface area contributed by atoms with Crippen LogP contribution >= 0.6 is 23.2 Å². The molecule has 0 N–H and O–H groups in total. The molecule has 0 saturated heterocycles. The Kier molecular flexibility index (Phi) is 8.63. The van der Waals surface area contributed by atoms with Crippen LogP contribution in [0.25, 0.3) is 0 Å². The lowest BCUT2D eigenvalue weighted by Gasteiger charge is -2.30. The van der Waals surface area contributed by atoms with Crippen molar-refractivity contribution < 1.29 is 9.59 Å². The first-order chi connectivity index (χ1) is 11.3. The molecule has 0 unspecified atom stereocenters. The molecule has 0 fully saturated rings. The second-order valence-electron chi connectivity index (χ2n) is 6.14. The van der Waals surface area contributed by atoms with Crippen molar-refractivity contribution in [2.45, 2.75) is 51.0 Å². The fourth-order valence-electron chi connectivity index (χ4n) is 2.38. The van der Waals surface area contributed by atoms with Crippen molar-refractivity contribution in [1.82, 2.24) is 14.4 Å². The highest BCUT2D eigenvalue weighted by molar-refractivity contribution is 6.53. The van der Waals surface area contributed by atoms with Gasteiger partial charge >= 0.3 is 0 Å². The normalized spacial score (nSPS) is 11.2. The van der Waals surface area contributed by atoms with Crippen molar-refractivity contribution in [3.05, 3.63) is 24.0 Å². The van der Waals surface area contributed by atoms with E-state index in [1.54, 1.807) is 4.90 Å². The summed E-state index contributed by atoms with van der Waals surface area (Å²) in [5.74, 6) is -0.531. The number of aromatic nitrogens is 1. The van der Waals surface area contributed by atoms with E-state index in [1.807, 2.05) is 43.8 Å². The average Bonchev–Trinajstić information content (AvgIpc) is 2.92.